The normalized spacial score (nSPS) is 22.6. The Hall–Kier alpha value is -2.10. The largest absolute Gasteiger partial charge is 0.490 e. The molecule has 2 aliphatic heterocycles. The Labute approximate surface area is 168 Å². The van der Waals surface area contributed by atoms with Gasteiger partial charge in [0.25, 0.3) is 0 Å². The molecule has 0 aromatic rings. The van der Waals surface area contributed by atoms with Crippen molar-refractivity contribution in [2.45, 2.75) is 44.3 Å². The van der Waals surface area contributed by atoms with Gasteiger partial charge in [-0.15, -0.1) is 0 Å². The van der Waals surface area contributed by atoms with Crippen molar-refractivity contribution in [1.29, 1.82) is 0 Å². The highest BCUT2D eigenvalue weighted by atomic mass is 19.4. The van der Waals surface area contributed by atoms with E-state index in [1.54, 1.807) is 0 Å². The van der Waals surface area contributed by atoms with Crippen molar-refractivity contribution in [3.63, 3.8) is 0 Å². The maximum Gasteiger partial charge on any atom is 0.490 e. The van der Waals surface area contributed by atoms with Gasteiger partial charge >= 0.3 is 12.1 Å². The number of carbonyl (C=O) groups excluding carboxylic acids is 2. The van der Waals surface area contributed by atoms with E-state index < -0.39 is 12.1 Å². The van der Waals surface area contributed by atoms with Crippen LogP contribution in [0.3, 0.4) is 0 Å². The van der Waals surface area contributed by atoms with E-state index in [0.29, 0.717) is 13.1 Å². The third-order valence-corrected chi connectivity index (χ3v) is 6.00. The molecule has 0 aromatic carbocycles. The number of hydrogen-bond acceptors (Lipinski definition) is 4. The van der Waals surface area contributed by atoms with Gasteiger partial charge in [0.1, 0.15) is 5.54 Å². The highest BCUT2D eigenvalue weighted by Crippen LogP contribution is 2.34. The highest BCUT2D eigenvalue weighted by Gasteiger charge is 2.49. The van der Waals surface area contributed by atoms with E-state index in [1.807, 2.05) is 16.7 Å². The molecule has 3 rings (SSSR count). The molecule has 29 heavy (non-hydrogen) atoms. The maximum atomic E-state index is 12.8. The van der Waals surface area contributed by atoms with E-state index in [2.05, 4.69) is 24.1 Å². The van der Waals surface area contributed by atoms with Crippen LogP contribution in [-0.4, -0.2) is 89.1 Å². The van der Waals surface area contributed by atoms with E-state index in [9.17, 15) is 22.8 Å². The summed E-state index contributed by atoms with van der Waals surface area (Å²) in [5.74, 6) is -2.08. The van der Waals surface area contributed by atoms with Gasteiger partial charge in [-0.05, 0) is 39.7 Å². The predicted molar refractivity (Wildman–Crippen MR) is 99.0 cm³/mol. The lowest BCUT2D eigenvalue weighted by molar-refractivity contribution is -0.192. The quantitative estimate of drug-likeness (QED) is 0.690. The number of alkyl halides is 3. The monoisotopic (exact) mass is 419 g/mol. The van der Waals surface area contributed by atoms with Gasteiger partial charge in [-0.2, -0.15) is 13.2 Å². The molecular formula is C19H28F3N3O4. The van der Waals surface area contributed by atoms with Crippen molar-refractivity contribution in [3.05, 3.63) is 12.2 Å². The van der Waals surface area contributed by atoms with Crippen LogP contribution in [0, 0.1) is 5.92 Å². The number of piperazine rings is 1. The number of hydrogen-bond donors (Lipinski definition) is 1. The Bertz CT molecular complexity index is 650. The zero-order chi connectivity index (χ0) is 21.8. The molecule has 3 aliphatic rings. The van der Waals surface area contributed by atoms with Crippen molar-refractivity contribution in [3.8, 4) is 0 Å². The topological polar surface area (TPSA) is 81.2 Å². The first-order chi connectivity index (χ1) is 13.5. The maximum absolute atomic E-state index is 12.8. The molecule has 0 unspecified atom stereocenters. The first-order valence-electron chi connectivity index (χ1n) is 9.77. The molecule has 1 N–H and O–H groups in total. The molecule has 0 aromatic heterocycles. The molecule has 0 radical (unpaired) electrons. The van der Waals surface area contributed by atoms with Crippen LogP contribution in [0.4, 0.5) is 13.2 Å². The number of likely N-dealkylation sites (tertiary alicyclic amines) is 1. The molecule has 7 nitrogen and oxygen atoms in total. The molecule has 2 heterocycles. The molecule has 0 saturated carbocycles. The number of piperidine rings is 1. The van der Waals surface area contributed by atoms with Crippen molar-refractivity contribution in [2.24, 2.45) is 5.92 Å². The summed E-state index contributed by atoms with van der Waals surface area (Å²) in [5, 5.41) is 7.12. The van der Waals surface area contributed by atoms with Gasteiger partial charge in [-0.25, -0.2) is 4.79 Å². The van der Waals surface area contributed by atoms with Gasteiger partial charge in [0.2, 0.25) is 11.8 Å². The molecule has 2 amide bonds. The van der Waals surface area contributed by atoms with Crippen molar-refractivity contribution < 1.29 is 32.7 Å². The molecule has 1 spiro atoms. The van der Waals surface area contributed by atoms with Gasteiger partial charge in [0.05, 0.1) is 0 Å². The molecule has 2 fully saturated rings. The molecule has 0 bridgehead atoms. The van der Waals surface area contributed by atoms with E-state index in [4.69, 9.17) is 9.90 Å². The number of carboxylic acid groups (broad SMARTS) is 1. The molecule has 0 atom stereocenters. The Morgan fingerprint density at radius 1 is 1.14 bits per heavy atom. The smallest absolute Gasteiger partial charge is 0.475 e. The number of allylic oxidation sites excluding steroid dienone is 2. The lowest BCUT2D eigenvalue weighted by Gasteiger charge is -2.51. The highest BCUT2D eigenvalue weighted by molar-refractivity contribution is 5.88. The lowest BCUT2D eigenvalue weighted by atomic mass is 9.82. The van der Waals surface area contributed by atoms with E-state index >= 15 is 0 Å². The second-order valence-electron chi connectivity index (χ2n) is 7.61. The first kappa shape index (κ1) is 23.2. The second kappa shape index (κ2) is 9.15. The number of halogens is 3. The van der Waals surface area contributed by atoms with Crippen molar-refractivity contribution in [2.75, 3.05) is 39.8 Å². The Kier molecular flexibility index (Phi) is 7.31. The fraction of sp³-hybridized carbons (Fsp3) is 0.737. The van der Waals surface area contributed by atoms with Crippen LogP contribution < -0.4 is 0 Å². The predicted octanol–water partition coefficient (Wildman–Crippen LogP) is 1.74. The number of likely N-dealkylation sites (N-methyl/N-ethyl adjacent to an activating group) is 2. The summed E-state index contributed by atoms with van der Waals surface area (Å²) >= 11 is 0. The number of aliphatic carboxylic acids is 1. The van der Waals surface area contributed by atoms with Crippen LogP contribution in [0.1, 0.15) is 32.6 Å². The zero-order valence-corrected chi connectivity index (χ0v) is 16.7. The average molecular weight is 419 g/mol. The standard InChI is InChI=1S/C17H27N3O2.C2HF3O2/c1-3-19-13-12-18(2)17(16(19)22)8-10-20(11-9-17)15(21)14-6-4-5-7-14;3-2(4,5)1(6)7/h4-5,14H,3,6-13H2,1-2H3;(H,6,7). The molecule has 2 saturated heterocycles. The third-order valence-electron chi connectivity index (χ3n) is 6.00. The van der Waals surface area contributed by atoms with Crippen LogP contribution in [0.2, 0.25) is 0 Å². The van der Waals surface area contributed by atoms with Gasteiger partial charge < -0.3 is 14.9 Å². The van der Waals surface area contributed by atoms with Crippen LogP contribution in [0.15, 0.2) is 12.2 Å². The van der Waals surface area contributed by atoms with Crippen LogP contribution in [-0.2, 0) is 14.4 Å². The van der Waals surface area contributed by atoms with Gasteiger partial charge in [0, 0.05) is 38.6 Å². The summed E-state index contributed by atoms with van der Waals surface area (Å²) in [6, 6.07) is 0. The SMILES string of the molecule is CCN1CCN(C)C2(CCN(C(=O)C3CC=CC3)CC2)C1=O.O=C(O)C(F)(F)F. The molecule has 164 valence electrons. The third kappa shape index (κ3) is 5.09. The van der Waals surface area contributed by atoms with Gasteiger partial charge in [-0.3, -0.25) is 14.5 Å². The fourth-order valence-electron chi connectivity index (χ4n) is 4.12. The fourth-order valence-corrected chi connectivity index (χ4v) is 4.12. The van der Waals surface area contributed by atoms with Crippen LogP contribution in [0.25, 0.3) is 0 Å². The summed E-state index contributed by atoms with van der Waals surface area (Å²) in [7, 11) is 2.06. The van der Waals surface area contributed by atoms with E-state index in [-0.39, 0.29) is 23.3 Å². The Balaban J connectivity index is 0.000000370. The Morgan fingerprint density at radius 2 is 1.66 bits per heavy atom. The molecule has 1 aliphatic carbocycles. The summed E-state index contributed by atoms with van der Waals surface area (Å²) in [6.07, 6.45) is 2.42. The van der Waals surface area contributed by atoms with E-state index in [0.717, 1.165) is 45.3 Å². The minimum atomic E-state index is -5.08. The number of carbonyl (C=O) groups is 3. The zero-order valence-electron chi connectivity index (χ0n) is 16.7. The Morgan fingerprint density at radius 3 is 2.10 bits per heavy atom. The lowest BCUT2D eigenvalue weighted by Crippen LogP contribution is -2.68. The van der Waals surface area contributed by atoms with Crippen molar-refractivity contribution >= 4 is 17.8 Å². The minimum absolute atomic E-state index is 0.140. The molecule has 10 heteroatoms. The minimum Gasteiger partial charge on any atom is -0.475 e. The number of nitrogens with zero attached hydrogens (tertiary/aromatic N) is 3. The van der Waals surface area contributed by atoms with Crippen LogP contribution >= 0.6 is 0 Å². The van der Waals surface area contributed by atoms with Gasteiger partial charge in [-0.1, -0.05) is 12.2 Å². The number of amides is 2. The second-order valence-corrected chi connectivity index (χ2v) is 7.61. The summed E-state index contributed by atoms with van der Waals surface area (Å²) in [4.78, 5) is 40.4. The number of carboxylic acids is 1. The van der Waals surface area contributed by atoms with Crippen LogP contribution in [0.5, 0.6) is 0 Å². The average Bonchev–Trinajstić information content (AvgIpc) is 3.21. The van der Waals surface area contributed by atoms with Gasteiger partial charge in [0.15, 0.2) is 0 Å². The van der Waals surface area contributed by atoms with E-state index in [1.165, 1.54) is 0 Å². The molecular weight excluding hydrogens is 391 g/mol. The first-order valence-corrected chi connectivity index (χ1v) is 9.77. The number of rotatable bonds is 2. The summed E-state index contributed by atoms with van der Waals surface area (Å²) in [5.41, 5.74) is -0.376. The summed E-state index contributed by atoms with van der Waals surface area (Å²) < 4.78 is 31.7. The van der Waals surface area contributed by atoms with Crippen molar-refractivity contribution in [1.82, 2.24) is 14.7 Å². The summed E-state index contributed by atoms with van der Waals surface area (Å²) in [6.45, 7) is 6.00.